The summed E-state index contributed by atoms with van der Waals surface area (Å²) < 4.78 is 51.0. The molecule has 0 saturated carbocycles. The van der Waals surface area contributed by atoms with Gasteiger partial charge >= 0.3 is 6.18 Å². The van der Waals surface area contributed by atoms with E-state index in [0.29, 0.717) is 0 Å². The predicted octanol–water partition coefficient (Wildman–Crippen LogP) is 4.17. The normalized spacial score (nSPS) is 11.4. The molecular weight excluding hydrogens is 336 g/mol. The van der Waals surface area contributed by atoms with Gasteiger partial charge in [0.15, 0.2) is 0 Å². The number of rotatable bonds is 3. The number of alkyl halides is 3. The summed E-state index contributed by atoms with van der Waals surface area (Å²) in [7, 11) is 1.39. The van der Waals surface area contributed by atoms with E-state index in [0.717, 1.165) is 23.2 Å². The van der Waals surface area contributed by atoms with E-state index in [1.165, 1.54) is 25.2 Å². The average Bonchev–Trinajstić information content (AvgIpc) is 2.49. The summed E-state index contributed by atoms with van der Waals surface area (Å²) in [5.74, 6) is -1.16. The number of nitrogens with zero attached hydrogens (tertiary/aromatic N) is 2. The minimum Gasteiger partial charge on any atom is -0.337 e. The molecule has 2 rings (SSSR count). The largest absolute Gasteiger partial charge is 0.433 e. The van der Waals surface area contributed by atoms with E-state index in [1.54, 1.807) is 0 Å². The second-order valence-corrected chi connectivity index (χ2v) is 5.20. The fourth-order valence-corrected chi connectivity index (χ4v) is 2.12. The van der Waals surface area contributed by atoms with Crippen molar-refractivity contribution in [2.45, 2.75) is 12.7 Å². The van der Waals surface area contributed by atoms with Gasteiger partial charge in [-0.1, -0.05) is 17.7 Å². The lowest BCUT2D eigenvalue weighted by Crippen LogP contribution is -2.27. The third-order valence-electron chi connectivity index (χ3n) is 3.10. The zero-order valence-corrected chi connectivity index (χ0v) is 12.6. The lowest BCUT2D eigenvalue weighted by Gasteiger charge is -2.18. The molecule has 0 aliphatic heterocycles. The molecule has 8 heteroatoms. The number of amides is 1. The van der Waals surface area contributed by atoms with E-state index in [2.05, 4.69) is 4.98 Å². The average molecular weight is 347 g/mol. The molecule has 0 unspecified atom stereocenters. The van der Waals surface area contributed by atoms with Crippen LogP contribution in [0.2, 0.25) is 5.02 Å². The van der Waals surface area contributed by atoms with Crippen molar-refractivity contribution in [3.8, 4) is 0 Å². The van der Waals surface area contributed by atoms with Crippen molar-refractivity contribution in [2.75, 3.05) is 7.05 Å². The molecule has 0 atom stereocenters. The van der Waals surface area contributed by atoms with Gasteiger partial charge in [0, 0.05) is 30.4 Å². The summed E-state index contributed by atoms with van der Waals surface area (Å²) in [6, 6.07) is 5.87. The van der Waals surface area contributed by atoms with Crippen LogP contribution in [-0.2, 0) is 12.7 Å². The van der Waals surface area contributed by atoms with Crippen LogP contribution in [0.1, 0.15) is 21.6 Å². The maximum absolute atomic E-state index is 13.7. The standard InChI is InChI=1S/C15H11ClF4N2O/c1-22(8-10-11(16)3-2-4-12(10)17)14(23)9-5-6-13(21-7-9)15(18,19)20/h2-7H,8H2,1H3. The summed E-state index contributed by atoms with van der Waals surface area (Å²) in [6.45, 7) is -0.120. The van der Waals surface area contributed by atoms with Gasteiger partial charge < -0.3 is 4.90 Å². The molecule has 122 valence electrons. The van der Waals surface area contributed by atoms with Gasteiger partial charge in [-0.15, -0.1) is 0 Å². The van der Waals surface area contributed by atoms with E-state index in [1.807, 2.05) is 0 Å². The van der Waals surface area contributed by atoms with Crippen LogP contribution in [0.25, 0.3) is 0 Å². The number of pyridine rings is 1. The van der Waals surface area contributed by atoms with Crippen LogP contribution in [-0.4, -0.2) is 22.8 Å². The summed E-state index contributed by atoms with van der Waals surface area (Å²) in [5.41, 5.74) is -0.994. The first kappa shape index (κ1) is 17.2. The second-order valence-electron chi connectivity index (χ2n) is 4.79. The van der Waals surface area contributed by atoms with Gasteiger partial charge in [0.2, 0.25) is 0 Å². The smallest absolute Gasteiger partial charge is 0.337 e. The van der Waals surface area contributed by atoms with Crippen LogP contribution in [0.5, 0.6) is 0 Å². The molecule has 1 heterocycles. The minimum absolute atomic E-state index is 0.0343. The first-order valence-electron chi connectivity index (χ1n) is 6.41. The van der Waals surface area contributed by atoms with Crippen molar-refractivity contribution < 1.29 is 22.4 Å². The first-order chi connectivity index (χ1) is 10.7. The number of benzene rings is 1. The van der Waals surface area contributed by atoms with Gasteiger partial charge in [0.05, 0.1) is 5.56 Å². The molecule has 0 saturated heterocycles. The van der Waals surface area contributed by atoms with Gasteiger partial charge in [0.1, 0.15) is 11.5 Å². The fraction of sp³-hybridized carbons (Fsp3) is 0.200. The molecule has 0 N–H and O–H groups in total. The molecule has 0 radical (unpaired) electrons. The van der Waals surface area contributed by atoms with Crippen LogP contribution in [0.3, 0.4) is 0 Å². The predicted molar refractivity (Wildman–Crippen MR) is 76.4 cm³/mol. The quantitative estimate of drug-likeness (QED) is 0.782. The van der Waals surface area contributed by atoms with Crippen LogP contribution in [0.4, 0.5) is 17.6 Å². The van der Waals surface area contributed by atoms with E-state index in [9.17, 15) is 22.4 Å². The maximum atomic E-state index is 13.7. The molecule has 0 bridgehead atoms. The molecular formula is C15H11ClF4N2O. The molecule has 1 amide bonds. The van der Waals surface area contributed by atoms with Crippen LogP contribution in [0.15, 0.2) is 36.5 Å². The van der Waals surface area contributed by atoms with Crippen molar-refractivity contribution in [3.05, 3.63) is 64.2 Å². The Balaban J connectivity index is 2.17. The molecule has 3 nitrogen and oxygen atoms in total. The summed E-state index contributed by atoms with van der Waals surface area (Å²) >= 11 is 5.88. The van der Waals surface area contributed by atoms with Gasteiger partial charge in [-0.3, -0.25) is 9.78 Å². The minimum atomic E-state index is -4.58. The van der Waals surface area contributed by atoms with E-state index in [-0.39, 0.29) is 22.7 Å². The molecule has 0 fully saturated rings. The van der Waals surface area contributed by atoms with E-state index < -0.39 is 23.6 Å². The topological polar surface area (TPSA) is 33.2 Å². The third-order valence-corrected chi connectivity index (χ3v) is 3.46. The molecule has 0 aliphatic carbocycles. The number of hydrogen-bond acceptors (Lipinski definition) is 2. The van der Waals surface area contributed by atoms with Crippen molar-refractivity contribution in [3.63, 3.8) is 0 Å². The van der Waals surface area contributed by atoms with Gasteiger partial charge in [-0.25, -0.2) is 4.39 Å². The van der Waals surface area contributed by atoms with Crippen LogP contribution >= 0.6 is 11.6 Å². The molecule has 0 spiro atoms. The van der Waals surface area contributed by atoms with Crippen LogP contribution < -0.4 is 0 Å². The summed E-state index contributed by atoms with van der Waals surface area (Å²) in [4.78, 5) is 16.5. The highest BCUT2D eigenvalue weighted by Crippen LogP contribution is 2.27. The van der Waals surface area contributed by atoms with E-state index in [4.69, 9.17) is 11.6 Å². The Bertz CT molecular complexity index is 696. The first-order valence-corrected chi connectivity index (χ1v) is 6.79. The summed E-state index contributed by atoms with van der Waals surface area (Å²) in [5, 5.41) is 0.162. The van der Waals surface area contributed by atoms with Crippen molar-refractivity contribution >= 4 is 17.5 Å². The van der Waals surface area contributed by atoms with Crippen molar-refractivity contribution in [2.24, 2.45) is 0 Å². The Morgan fingerprint density at radius 3 is 2.48 bits per heavy atom. The number of carbonyl (C=O) groups is 1. The molecule has 23 heavy (non-hydrogen) atoms. The van der Waals surface area contributed by atoms with Gasteiger partial charge in [-0.2, -0.15) is 13.2 Å². The van der Waals surface area contributed by atoms with Crippen LogP contribution in [0, 0.1) is 5.82 Å². The highest BCUT2D eigenvalue weighted by molar-refractivity contribution is 6.31. The Morgan fingerprint density at radius 1 is 1.26 bits per heavy atom. The Hall–Kier alpha value is -2.15. The van der Waals surface area contributed by atoms with E-state index >= 15 is 0 Å². The number of aromatic nitrogens is 1. The third kappa shape index (κ3) is 3.98. The Morgan fingerprint density at radius 2 is 1.96 bits per heavy atom. The lowest BCUT2D eigenvalue weighted by atomic mass is 10.1. The number of halogens is 5. The second kappa shape index (κ2) is 6.54. The molecule has 1 aromatic heterocycles. The van der Waals surface area contributed by atoms with Crippen molar-refractivity contribution in [1.82, 2.24) is 9.88 Å². The van der Waals surface area contributed by atoms with Gasteiger partial charge in [-0.05, 0) is 24.3 Å². The highest BCUT2D eigenvalue weighted by Gasteiger charge is 2.32. The zero-order valence-electron chi connectivity index (χ0n) is 11.9. The number of hydrogen-bond donors (Lipinski definition) is 0. The maximum Gasteiger partial charge on any atom is 0.433 e. The molecule has 2 aromatic rings. The van der Waals surface area contributed by atoms with Gasteiger partial charge in [0.25, 0.3) is 5.91 Å². The molecule has 1 aromatic carbocycles. The Labute approximate surface area is 134 Å². The zero-order chi connectivity index (χ0) is 17.2. The monoisotopic (exact) mass is 346 g/mol. The lowest BCUT2D eigenvalue weighted by molar-refractivity contribution is -0.141. The fourth-order valence-electron chi connectivity index (χ4n) is 1.90. The summed E-state index contributed by atoms with van der Waals surface area (Å²) in [6.07, 6.45) is -3.74. The highest BCUT2D eigenvalue weighted by atomic mass is 35.5. The van der Waals surface area contributed by atoms with Crippen molar-refractivity contribution in [1.29, 1.82) is 0 Å². The number of carbonyl (C=O) groups excluding carboxylic acids is 1. The molecule has 0 aliphatic rings. The SMILES string of the molecule is CN(Cc1c(F)cccc1Cl)C(=O)c1ccc(C(F)(F)F)nc1. The Kier molecular flexibility index (Phi) is 4.89.